The smallest absolute Gasteiger partial charge is 0.366 e. The first-order valence-electron chi connectivity index (χ1n) is 13.6. The van der Waals surface area contributed by atoms with Crippen molar-refractivity contribution in [2.24, 2.45) is 5.11 Å². The fourth-order valence-electron chi connectivity index (χ4n) is 4.47. The average molecular weight is 617 g/mol. The maximum atomic E-state index is 13.2. The van der Waals surface area contributed by atoms with Gasteiger partial charge in [0.2, 0.25) is 5.91 Å². The van der Waals surface area contributed by atoms with Gasteiger partial charge in [-0.2, -0.15) is 0 Å². The Balaban J connectivity index is 3.60. The van der Waals surface area contributed by atoms with E-state index in [0.717, 1.165) is 34.8 Å². The maximum absolute atomic E-state index is 13.2. The Labute approximate surface area is 248 Å². The molecule has 17 nitrogen and oxygen atoms in total. The molecule has 17 heteroatoms. The Bertz CT molecular complexity index is 1050. The Hall–Kier alpha value is -3.95. The molecule has 1 heterocycles. The third-order valence-electron chi connectivity index (χ3n) is 6.05. The van der Waals surface area contributed by atoms with Gasteiger partial charge in [-0.25, -0.2) is 4.79 Å². The van der Waals surface area contributed by atoms with Crippen molar-refractivity contribution >= 4 is 35.8 Å². The average Bonchev–Trinajstić information content (AvgIpc) is 2.91. The second-order valence-corrected chi connectivity index (χ2v) is 9.65. The van der Waals surface area contributed by atoms with Gasteiger partial charge in [-0.15, -0.1) is 0 Å². The van der Waals surface area contributed by atoms with Gasteiger partial charge < -0.3 is 38.5 Å². The molecule has 1 amide bonds. The molecule has 1 fully saturated rings. The summed E-state index contributed by atoms with van der Waals surface area (Å²) >= 11 is 0. The molecule has 1 saturated heterocycles. The number of hydrogen-bond donors (Lipinski definition) is 1. The highest BCUT2D eigenvalue weighted by Crippen LogP contribution is 2.37. The number of hydrogen-bond acceptors (Lipinski definition) is 14. The van der Waals surface area contributed by atoms with Crippen molar-refractivity contribution in [1.29, 1.82) is 0 Å². The molecule has 1 aliphatic heterocycles. The second kappa shape index (κ2) is 18.6. The minimum Gasteiger partial charge on any atom is -0.465 e. The van der Waals surface area contributed by atoms with Gasteiger partial charge in [0.15, 0.2) is 12.2 Å². The summed E-state index contributed by atoms with van der Waals surface area (Å²) in [5, 5.41) is 6.06. The van der Waals surface area contributed by atoms with E-state index >= 15 is 0 Å². The third kappa shape index (κ3) is 12.8. The van der Waals surface area contributed by atoms with Crippen molar-refractivity contribution < 1.29 is 61.9 Å². The van der Waals surface area contributed by atoms with Crippen LogP contribution in [0.1, 0.15) is 66.7 Å². The molecule has 0 bridgehead atoms. The van der Waals surface area contributed by atoms with Gasteiger partial charge in [-0.3, -0.25) is 24.0 Å². The fourth-order valence-corrected chi connectivity index (χ4v) is 4.47. The van der Waals surface area contributed by atoms with Crippen LogP contribution in [0.5, 0.6) is 0 Å². The third-order valence-corrected chi connectivity index (χ3v) is 6.05. The predicted octanol–water partition coefficient (Wildman–Crippen LogP) is 1.39. The van der Waals surface area contributed by atoms with Crippen LogP contribution in [0, 0.1) is 0 Å². The normalized spacial score (nSPS) is 22.5. The number of ether oxygens (including phenoxy) is 7. The van der Waals surface area contributed by atoms with Crippen LogP contribution >= 0.6 is 0 Å². The van der Waals surface area contributed by atoms with Gasteiger partial charge in [-0.1, -0.05) is 18.0 Å². The van der Waals surface area contributed by atoms with Crippen LogP contribution in [0.25, 0.3) is 10.4 Å². The van der Waals surface area contributed by atoms with Crippen LogP contribution in [0.2, 0.25) is 0 Å². The van der Waals surface area contributed by atoms with Gasteiger partial charge in [0.25, 0.3) is 5.79 Å². The Morgan fingerprint density at radius 1 is 0.953 bits per heavy atom. The lowest BCUT2D eigenvalue weighted by atomic mass is 9.88. The first kappa shape index (κ1) is 37.1. The van der Waals surface area contributed by atoms with Crippen LogP contribution in [0.15, 0.2) is 5.11 Å². The molecule has 0 aliphatic carbocycles. The zero-order chi connectivity index (χ0) is 32.6. The number of azide groups is 1. The lowest BCUT2D eigenvalue weighted by Crippen LogP contribution is -2.69. The van der Waals surface area contributed by atoms with Crippen molar-refractivity contribution in [2.75, 3.05) is 26.9 Å². The van der Waals surface area contributed by atoms with Gasteiger partial charge >= 0.3 is 29.8 Å². The highest BCUT2D eigenvalue weighted by molar-refractivity contribution is 5.79. The molecule has 0 spiro atoms. The molecule has 0 radical (unpaired) electrons. The number of nitrogens with one attached hydrogen (secondary N) is 1. The van der Waals surface area contributed by atoms with Gasteiger partial charge in [0.05, 0.1) is 26.2 Å². The molecule has 242 valence electrons. The first-order valence-corrected chi connectivity index (χ1v) is 13.6. The van der Waals surface area contributed by atoms with Crippen molar-refractivity contribution in [3.8, 4) is 0 Å². The molecule has 0 aromatic heterocycles. The Kier molecular flexibility index (Phi) is 16.0. The summed E-state index contributed by atoms with van der Waals surface area (Å²) < 4.78 is 38.4. The molecule has 1 N–H and O–H groups in total. The van der Waals surface area contributed by atoms with Gasteiger partial charge in [0.1, 0.15) is 18.8 Å². The summed E-state index contributed by atoms with van der Waals surface area (Å²) in [6, 6.07) is -1.27. The lowest BCUT2D eigenvalue weighted by Gasteiger charge is -2.48. The Morgan fingerprint density at radius 3 is 2.14 bits per heavy atom. The lowest BCUT2D eigenvalue weighted by molar-refractivity contribution is -0.314. The number of unbranched alkanes of at least 4 members (excludes halogenated alkanes) is 3. The summed E-state index contributed by atoms with van der Waals surface area (Å²) in [4.78, 5) is 76.2. The predicted molar refractivity (Wildman–Crippen MR) is 144 cm³/mol. The van der Waals surface area contributed by atoms with Crippen LogP contribution in [0.4, 0.5) is 0 Å². The molecule has 1 rings (SSSR count). The zero-order valence-electron chi connectivity index (χ0n) is 25.2. The van der Waals surface area contributed by atoms with Crippen LogP contribution in [-0.4, -0.2) is 98.9 Å². The largest absolute Gasteiger partial charge is 0.465 e. The number of nitrogens with zero attached hydrogens (tertiary/aromatic N) is 3. The molecular weight excluding hydrogens is 576 g/mol. The molecule has 43 heavy (non-hydrogen) atoms. The highest BCUT2D eigenvalue weighted by Gasteiger charge is 2.59. The summed E-state index contributed by atoms with van der Waals surface area (Å²) in [7, 11) is 1.08. The van der Waals surface area contributed by atoms with E-state index in [0.29, 0.717) is 32.2 Å². The van der Waals surface area contributed by atoms with Crippen molar-refractivity contribution in [2.45, 2.75) is 103 Å². The van der Waals surface area contributed by atoms with E-state index in [9.17, 15) is 28.8 Å². The molecule has 0 unspecified atom stereocenters. The minimum atomic E-state index is -2.24. The number of carbonyl (C=O) groups is 6. The van der Waals surface area contributed by atoms with Crippen molar-refractivity contribution in [1.82, 2.24) is 5.32 Å². The summed E-state index contributed by atoms with van der Waals surface area (Å²) in [5.74, 6) is -7.10. The number of carbonyl (C=O) groups excluding carboxylic acids is 6. The molecule has 0 aromatic carbocycles. The van der Waals surface area contributed by atoms with Crippen molar-refractivity contribution in [3.05, 3.63) is 10.4 Å². The summed E-state index contributed by atoms with van der Waals surface area (Å²) in [5.41, 5.74) is 8.39. The van der Waals surface area contributed by atoms with E-state index in [1.807, 2.05) is 0 Å². The molecule has 0 saturated carbocycles. The molecule has 6 atom stereocenters. The highest BCUT2D eigenvalue weighted by atomic mass is 16.7. The van der Waals surface area contributed by atoms with Crippen LogP contribution < -0.4 is 5.32 Å². The maximum Gasteiger partial charge on any atom is 0.366 e. The Morgan fingerprint density at radius 2 is 1.60 bits per heavy atom. The molecule has 0 aromatic rings. The van der Waals surface area contributed by atoms with E-state index in [2.05, 4.69) is 15.3 Å². The van der Waals surface area contributed by atoms with E-state index in [1.165, 1.54) is 6.92 Å². The molecule has 1 aliphatic rings. The minimum absolute atomic E-state index is 0.0417. The van der Waals surface area contributed by atoms with Gasteiger partial charge in [-0.05, 0) is 18.4 Å². The van der Waals surface area contributed by atoms with E-state index < -0.39 is 85.0 Å². The van der Waals surface area contributed by atoms with E-state index in [1.54, 1.807) is 0 Å². The first-order chi connectivity index (χ1) is 20.3. The number of methoxy groups -OCH3 is 1. The number of amides is 1. The topological polar surface area (TPSA) is 228 Å². The fraction of sp³-hybridized carbons (Fsp3) is 0.769. The van der Waals surface area contributed by atoms with E-state index in [-0.39, 0.29) is 6.61 Å². The van der Waals surface area contributed by atoms with E-state index in [4.69, 9.17) is 38.7 Å². The van der Waals surface area contributed by atoms with Crippen LogP contribution in [-0.2, 0) is 61.9 Å². The number of rotatable bonds is 17. The van der Waals surface area contributed by atoms with Crippen LogP contribution in [0.3, 0.4) is 0 Å². The molecular formula is C26H40N4O13. The van der Waals surface area contributed by atoms with Gasteiger partial charge in [0, 0.05) is 46.1 Å². The standard InChI is InChI=1S/C26H40N4O13/c1-15(31)29-22-20(40-17(3)33)13-26(25(36)37-6,39-12-10-8-7-9-11-28-30-27)43-24(22)23(42-19(5)35)21(41-18(4)34)14-38-16(2)32/h20-24H,7-14H2,1-6H3,(H,29,31)/t20-,21+,22+,23+,24+,26-/m0/s1. The SMILES string of the molecule is COC(=O)[C@]1(OCCCCCCN=[N+]=[N-])C[C@H](OC(C)=O)[C@@H](NC(C)=O)[C@H]([C@H](OC(C)=O)[C@@H](COC(C)=O)OC(C)=O)O1. The quantitative estimate of drug-likeness (QED) is 0.0609. The zero-order valence-corrected chi connectivity index (χ0v) is 25.2. The second-order valence-electron chi connectivity index (χ2n) is 9.65. The monoisotopic (exact) mass is 616 g/mol. The number of esters is 5. The summed E-state index contributed by atoms with van der Waals surface area (Å²) in [6.07, 6.45) is -4.01. The van der Waals surface area contributed by atoms with Crippen molar-refractivity contribution in [3.63, 3.8) is 0 Å². The summed E-state index contributed by atoms with van der Waals surface area (Å²) in [6.45, 7) is 5.19.